The fourth-order valence-corrected chi connectivity index (χ4v) is 4.97. The molecule has 0 spiro atoms. The Balaban J connectivity index is 1.68. The van der Waals surface area contributed by atoms with E-state index < -0.39 is 11.5 Å². The lowest BCUT2D eigenvalue weighted by molar-refractivity contribution is -0.136. The predicted molar refractivity (Wildman–Crippen MR) is 142 cm³/mol. The second kappa shape index (κ2) is 11.0. The van der Waals surface area contributed by atoms with Gasteiger partial charge in [0.2, 0.25) is 0 Å². The molecule has 1 fully saturated rings. The van der Waals surface area contributed by atoms with E-state index >= 15 is 0 Å². The summed E-state index contributed by atoms with van der Waals surface area (Å²) in [4.78, 5) is 25.1. The molecule has 1 aliphatic heterocycles. The normalized spacial score (nSPS) is 14.8. The van der Waals surface area contributed by atoms with Gasteiger partial charge >= 0.3 is 5.97 Å². The van der Waals surface area contributed by atoms with Crippen molar-refractivity contribution in [1.29, 1.82) is 0 Å². The topological polar surface area (TPSA) is 87.7 Å². The monoisotopic (exact) mass is 486 g/mol. The van der Waals surface area contributed by atoms with E-state index in [0.29, 0.717) is 37.2 Å². The van der Waals surface area contributed by atoms with Gasteiger partial charge in [0.15, 0.2) is 0 Å². The van der Waals surface area contributed by atoms with Gasteiger partial charge < -0.3 is 20.5 Å². The minimum absolute atomic E-state index is 0.0407. The first-order chi connectivity index (χ1) is 17.2. The van der Waals surface area contributed by atoms with E-state index in [2.05, 4.69) is 41.0 Å². The van der Waals surface area contributed by atoms with Crippen LogP contribution >= 0.6 is 0 Å². The highest BCUT2D eigenvalue weighted by Gasteiger charge is 2.36. The molecule has 1 aliphatic rings. The number of ether oxygens (including phenoxy) is 1. The number of carbonyl (C=O) groups excluding carboxylic acids is 1. The van der Waals surface area contributed by atoms with Crippen LogP contribution < -0.4 is 10.6 Å². The van der Waals surface area contributed by atoms with Gasteiger partial charge in [-0.2, -0.15) is 0 Å². The summed E-state index contributed by atoms with van der Waals surface area (Å²) in [5, 5.41) is 16.0. The number of carbonyl (C=O) groups is 2. The summed E-state index contributed by atoms with van der Waals surface area (Å²) in [6, 6.07) is 20.0. The lowest BCUT2D eigenvalue weighted by atomic mass is 9.81. The number of benzene rings is 3. The number of carboxylic acids is 1. The molecule has 0 radical (unpaired) electrons. The van der Waals surface area contributed by atoms with Crippen LogP contribution in [0.1, 0.15) is 57.4 Å². The van der Waals surface area contributed by atoms with Gasteiger partial charge in [0.1, 0.15) is 0 Å². The second-order valence-electron chi connectivity index (χ2n) is 9.79. The number of anilines is 2. The van der Waals surface area contributed by atoms with E-state index in [-0.39, 0.29) is 18.7 Å². The third kappa shape index (κ3) is 6.13. The van der Waals surface area contributed by atoms with Crippen molar-refractivity contribution in [3.63, 3.8) is 0 Å². The maximum atomic E-state index is 13.8. The van der Waals surface area contributed by atoms with Gasteiger partial charge in [-0.25, -0.2) is 0 Å². The number of rotatable bonds is 8. The molecule has 1 saturated heterocycles. The first kappa shape index (κ1) is 25.5. The van der Waals surface area contributed by atoms with Crippen LogP contribution in [0.25, 0.3) is 0 Å². The largest absolute Gasteiger partial charge is 0.481 e. The highest BCUT2D eigenvalue weighted by molar-refractivity contribution is 5.97. The fraction of sp³-hybridized carbons (Fsp3) is 0.333. The number of hydrogen-bond donors (Lipinski definition) is 3. The molecule has 3 N–H and O–H groups in total. The summed E-state index contributed by atoms with van der Waals surface area (Å²) >= 11 is 0. The molecule has 188 valence electrons. The van der Waals surface area contributed by atoms with Crippen molar-refractivity contribution in [2.24, 2.45) is 0 Å². The molecule has 4 rings (SSSR count). The molecule has 0 saturated carbocycles. The quantitative estimate of drug-likeness (QED) is 0.374. The lowest BCUT2D eigenvalue weighted by Gasteiger charge is -2.39. The van der Waals surface area contributed by atoms with Gasteiger partial charge in [0.25, 0.3) is 5.91 Å². The van der Waals surface area contributed by atoms with Crippen molar-refractivity contribution >= 4 is 23.3 Å². The Bertz CT molecular complexity index is 1240. The molecule has 6 heteroatoms. The van der Waals surface area contributed by atoms with E-state index in [0.717, 1.165) is 33.6 Å². The number of hydrogen-bond acceptors (Lipinski definition) is 4. The van der Waals surface area contributed by atoms with Crippen molar-refractivity contribution in [1.82, 2.24) is 5.32 Å². The summed E-state index contributed by atoms with van der Waals surface area (Å²) in [7, 11) is 0. The van der Waals surface area contributed by atoms with E-state index in [1.54, 1.807) is 0 Å². The number of carboxylic acid groups (broad SMARTS) is 1. The standard InChI is InChI=1S/C30H34N2O4/c1-20-5-4-6-24(16-20)30(11-13-36-14-12-30)32-29(35)27-19-25(9-7-23(27)8-10-28(33)34)31-26-17-21(2)15-22(3)18-26/h4-7,9,15-19,31H,8,10-14H2,1-3H3,(H,32,35)(H,33,34). The molecule has 0 bridgehead atoms. The van der Waals surface area contributed by atoms with Gasteiger partial charge in [-0.15, -0.1) is 0 Å². The summed E-state index contributed by atoms with van der Waals surface area (Å²) in [5.74, 6) is -1.10. The number of nitrogens with one attached hydrogen (secondary N) is 2. The Hall–Kier alpha value is -3.64. The average molecular weight is 487 g/mol. The second-order valence-corrected chi connectivity index (χ2v) is 9.79. The molecule has 0 unspecified atom stereocenters. The fourth-order valence-electron chi connectivity index (χ4n) is 4.97. The molecule has 1 amide bonds. The van der Waals surface area contributed by atoms with Crippen molar-refractivity contribution in [2.75, 3.05) is 18.5 Å². The molecular weight excluding hydrogens is 452 g/mol. The van der Waals surface area contributed by atoms with E-state index in [1.807, 2.05) is 51.1 Å². The van der Waals surface area contributed by atoms with Gasteiger partial charge in [0, 0.05) is 36.6 Å². The third-order valence-electron chi connectivity index (χ3n) is 6.74. The van der Waals surface area contributed by atoms with Gasteiger partial charge in [0.05, 0.1) is 5.54 Å². The van der Waals surface area contributed by atoms with Crippen LogP contribution in [-0.2, 0) is 21.5 Å². The van der Waals surface area contributed by atoms with Gasteiger partial charge in [-0.3, -0.25) is 9.59 Å². The van der Waals surface area contributed by atoms with Crippen LogP contribution in [0.4, 0.5) is 11.4 Å². The van der Waals surface area contributed by atoms with Crippen molar-refractivity contribution in [3.05, 3.63) is 94.0 Å². The Morgan fingerprint density at radius 3 is 2.28 bits per heavy atom. The minimum Gasteiger partial charge on any atom is -0.481 e. The van der Waals surface area contributed by atoms with Crippen molar-refractivity contribution < 1.29 is 19.4 Å². The molecular formula is C30H34N2O4. The highest BCUT2D eigenvalue weighted by Crippen LogP contribution is 2.34. The molecule has 36 heavy (non-hydrogen) atoms. The number of aliphatic carboxylic acids is 1. The molecule has 3 aromatic rings. The number of aryl methyl sites for hydroxylation is 4. The summed E-state index contributed by atoms with van der Waals surface area (Å²) < 4.78 is 5.63. The minimum atomic E-state index is -0.889. The predicted octanol–water partition coefficient (Wildman–Crippen LogP) is 5.81. The molecule has 0 atom stereocenters. The van der Waals surface area contributed by atoms with E-state index in [9.17, 15) is 14.7 Å². The SMILES string of the molecule is Cc1cc(C)cc(Nc2ccc(CCC(=O)O)c(C(=O)NC3(c4cccc(C)c4)CCOCC3)c2)c1. The first-order valence-corrected chi connectivity index (χ1v) is 12.4. The van der Waals surface area contributed by atoms with Crippen LogP contribution in [0.15, 0.2) is 60.7 Å². The summed E-state index contributed by atoms with van der Waals surface area (Å²) in [6.07, 6.45) is 1.59. The Morgan fingerprint density at radius 2 is 1.61 bits per heavy atom. The van der Waals surface area contributed by atoms with Crippen LogP contribution in [0, 0.1) is 20.8 Å². The highest BCUT2D eigenvalue weighted by atomic mass is 16.5. The van der Waals surface area contributed by atoms with Crippen LogP contribution in [0.2, 0.25) is 0 Å². The van der Waals surface area contributed by atoms with Crippen LogP contribution in [0.3, 0.4) is 0 Å². The van der Waals surface area contributed by atoms with Crippen LogP contribution in [-0.4, -0.2) is 30.2 Å². The van der Waals surface area contributed by atoms with E-state index in [1.165, 1.54) is 0 Å². The smallest absolute Gasteiger partial charge is 0.303 e. The molecule has 0 aliphatic carbocycles. The zero-order valence-corrected chi connectivity index (χ0v) is 21.2. The Labute approximate surface area is 212 Å². The zero-order valence-electron chi connectivity index (χ0n) is 21.2. The van der Waals surface area contributed by atoms with Gasteiger partial charge in [-0.05, 0) is 86.6 Å². The van der Waals surface area contributed by atoms with Crippen molar-refractivity contribution in [3.8, 4) is 0 Å². The van der Waals surface area contributed by atoms with Gasteiger partial charge in [-0.1, -0.05) is 42.0 Å². The lowest BCUT2D eigenvalue weighted by Crippen LogP contribution is -2.49. The summed E-state index contributed by atoms with van der Waals surface area (Å²) in [6.45, 7) is 7.27. The number of amides is 1. The Kier molecular flexibility index (Phi) is 7.75. The summed E-state index contributed by atoms with van der Waals surface area (Å²) in [5.41, 5.74) is 6.88. The molecule has 0 aromatic heterocycles. The molecule has 3 aromatic carbocycles. The maximum absolute atomic E-state index is 13.8. The third-order valence-corrected chi connectivity index (χ3v) is 6.74. The van der Waals surface area contributed by atoms with Crippen LogP contribution in [0.5, 0.6) is 0 Å². The van der Waals surface area contributed by atoms with E-state index in [4.69, 9.17) is 4.74 Å². The zero-order chi connectivity index (χ0) is 25.7. The first-order valence-electron chi connectivity index (χ1n) is 12.4. The molecule has 6 nitrogen and oxygen atoms in total. The van der Waals surface area contributed by atoms with Crippen molar-refractivity contribution in [2.45, 2.75) is 52.0 Å². The average Bonchev–Trinajstić information content (AvgIpc) is 2.83. The Morgan fingerprint density at radius 1 is 0.889 bits per heavy atom. The molecule has 1 heterocycles. The maximum Gasteiger partial charge on any atom is 0.303 e.